The van der Waals surface area contributed by atoms with E-state index in [-0.39, 0.29) is 37.0 Å². The van der Waals surface area contributed by atoms with Crippen molar-refractivity contribution >= 4 is 29.5 Å². The largest absolute Gasteiger partial charge is 0.362 e. The molecule has 2 aliphatic heterocycles. The molecule has 0 saturated carbocycles. The van der Waals surface area contributed by atoms with Crippen molar-refractivity contribution in [2.24, 2.45) is 0 Å². The Bertz CT molecular complexity index is 653. The fourth-order valence-corrected chi connectivity index (χ4v) is 3.89. The topological polar surface area (TPSA) is 66.9 Å². The van der Waals surface area contributed by atoms with Crippen molar-refractivity contribution in [1.82, 2.24) is 9.80 Å². The van der Waals surface area contributed by atoms with E-state index in [1.165, 1.54) is 9.80 Å². The van der Waals surface area contributed by atoms with Crippen LogP contribution in [0.1, 0.15) is 24.8 Å². The molecule has 0 N–H and O–H groups in total. The average Bonchev–Trinajstić information content (AvgIpc) is 2.67. The fraction of sp³-hybridized carbons (Fsp3) is 0.526. The lowest BCUT2D eigenvalue weighted by molar-refractivity contribution is -0.162. The number of thioether (sulfide) groups is 1. The summed E-state index contributed by atoms with van der Waals surface area (Å²) in [6, 6.07) is 8.18. The van der Waals surface area contributed by atoms with Crippen molar-refractivity contribution in [2.75, 3.05) is 32.6 Å². The molecule has 140 valence electrons. The van der Waals surface area contributed by atoms with Crippen molar-refractivity contribution in [1.29, 1.82) is 0 Å². The van der Waals surface area contributed by atoms with Gasteiger partial charge in [-0.15, -0.1) is 11.8 Å². The van der Waals surface area contributed by atoms with E-state index >= 15 is 0 Å². The van der Waals surface area contributed by atoms with E-state index in [0.29, 0.717) is 32.4 Å². The number of imide groups is 1. The first-order valence-electron chi connectivity index (χ1n) is 8.92. The number of nitrogens with zero attached hydrogens (tertiary/aromatic N) is 2. The Hall–Kier alpha value is -1.86. The van der Waals surface area contributed by atoms with Crippen LogP contribution in [-0.4, -0.2) is 66.1 Å². The van der Waals surface area contributed by atoms with Gasteiger partial charge in [0.25, 0.3) is 11.8 Å². The molecular formula is C19H24N2O4S. The van der Waals surface area contributed by atoms with Gasteiger partial charge in [0, 0.05) is 30.4 Å². The van der Waals surface area contributed by atoms with Crippen molar-refractivity contribution in [3.63, 3.8) is 0 Å². The molecule has 2 saturated heterocycles. The Morgan fingerprint density at radius 2 is 1.73 bits per heavy atom. The first kappa shape index (κ1) is 18.9. The molecule has 3 rings (SSSR count). The van der Waals surface area contributed by atoms with Crippen molar-refractivity contribution in [3.8, 4) is 0 Å². The molecule has 0 bridgehead atoms. The van der Waals surface area contributed by atoms with E-state index in [1.54, 1.807) is 11.8 Å². The molecule has 26 heavy (non-hydrogen) atoms. The minimum Gasteiger partial charge on any atom is -0.362 e. The van der Waals surface area contributed by atoms with Crippen LogP contribution >= 0.6 is 11.8 Å². The standard InChI is InChI=1S/C19H24N2O4S/c1-26-16-5-2-14(3-6-16)4-7-17(22)20-10-8-15(9-11-20)21-18(23)12-25-13-19(21)24/h2-3,5-6,15H,4,7-13H2,1H3. The van der Waals surface area contributed by atoms with Crippen LogP contribution in [0.2, 0.25) is 0 Å². The van der Waals surface area contributed by atoms with Crippen LogP contribution in [-0.2, 0) is 25.5 Å². The highest BCUT2D eigenvalue weighted by Crippen LogP contribution is 2.20. The third kappa shape index (κ3) is 4.45. The van der Waals surface area contributed by atoms with Crippen LogP contribution in [0.4, 0.5) is 0 Å². The van der Waals surface area contributed by atoms with Gasteiger partial charge in [-0.05, 0) is 43.2 Å². The quantitative estimate of drug-likeness (QED) is 0.578. The Kier molecular flexibility index (Phi) is 6.32. The Morgan fingerprint density at radius 1 is 1.12 bits per heavy atom. The molecule has 1 aromatic carbocycles. The summed E-state index contributed by atoms with van der Waals surface area (Å²) in [5, 5.41) is 0. The number of ether oxygens (including phenoxy) is 1. The van der Waals surface area contributed by atoms with Gasteiger partial charge in [0.2, 0.25) is 5.91 Å². The van der Waals surface area contributed by atoms with Gasteiger partial charge in [0.15, 0.2) is 0 Å². The molecule has 2 aliphatic rings. The van der Waals surface area contributed by atoms with E-state index < -0.39 is 0 Å². The van der Waals surface area contributed by atoms with E-state index in [9.17, 15) is 14.4 Å². The molecular weight excluding hydrogens is 352 g/mol. The molecule has 0 unspecified atom stereocenters. The predicted molar refractivity (Wildman–Crippen MR) is 98.8 cm³/mol. The maximum atomic E-state index is 12.5. The van der Waals surface area contributed by atoms with Crippen LogP contribution in [0.5, 0.6) is 0 Å². The number of piperidine rings is 1. The number of hydrogen-bond donors (Lipinski definition) is 0. The molecule has 0 spiro atoms. The molecule has 0 aliphatic carbocycles. The summed E-state index contributed by atoms with van der Waals surface area (Å²) in [4.78, 5) is 40.7. The van der Waals surface area contributed by atoms with Gasteiger partial charge in [-0.2, -0.15) is 0 Å². The minimum atomic E-state index is -0.264. The van der Waals surface area contributed by atoms with Gasteiger partial charge in [-0.25, -0.2) is 0 Å². The summed E-state index contributed by atoms with van der Waals surface area (Å²) in [6.45, 7) is 1.13. The van der Waals surface area contributed by atoms with Crippen molar-refractivity contribution in [2.45, 2.75) is 36.6 Å². The normalized spacial score (nSPS) is 19.1. The lowest BCUT2D eigenvalue weighted by atomic mass is 10.0. The van der Waals surface area contributed by atoms with E-state index in [2.05, 4.69) is 24.3 Å². The second-order valence-corrected chi connectivity index (χ2v) is 7.49. The van der Waals surface area contributed by atoms with Gasteiger partial charge in [-0.1, -0.05) is 12.1 Å². The third-order valence-corrected chi connectivity index (χ3v) is 5.70. The average molecular weight is 376 g/mol. The molecule has 0 aromatic heterocycles. The Labute approximate surface area is 157 Å². The Balaban J connectivity index is 1.47. The summed E-state index contributed by atoms with van der Waals surface area (Å²) < 4.78 is 4.96. The van der Waals surface area contributed by atoms with Crippen LogP contribution in [0.25, 0.3) is 0 Å². The molecule has 1 aromatic rings. The highest BCUT2D eigenvalue weighted by atomic mass is 32.2. The number of morpholine rings is 1. The van der Waals surface area contributed by atoms with Gasteiger partial charge in [-0.3, -0.25) is 19.3 Å². The number of amides is 3. The number of likely N-dealkylation sites (tertiary alicyclic amines) is 1. The molecule has 0 atom stereocenters. The van der Waals surface area contributed by atoms with Crippen LogP contribution < -0.4 is 0 Å². The summed E-state index contributed by atoms with van der Waals surface area (Å²) >= 11 is 1.70. The lowest BCUT2D eigenvalue weighted by Crippen LogP contribution is -2.55. The molecule has 0 radical (unpaired) electrons. The molecule has 3 amide bonds. The zero-order valence-corrected chi connectivity index (χ0v) is 15.8. The maximum Gasteiger partial charge on any atom is 0.255 e. The minimum absolute atomic E-state index is 0.0276. The van der Waals surface area contributed by atoms with Crippen LogP contribution in [0.15, 0.2) is 29.2 Å². The van der Waals surface area contributed by atoms with Crippen molar-refractivity contribution < 1.29 is 19.1 Å². The second-order valence-electron chi connectivity index (χ2n) is 6.61. The molecule has 6 nitrogen and oxygen atoms in total. The SMILES string of the molecule is CSc1ccc(CCC(=O)N2CCC(N3C(=O)COCC3=O)CC2)cc1. The monoisotopic (exact) mass is 376 g/mol. The molecule has 2 heterocycles. The summed E-state index contributed by atoms with van der Waals surface area (Å²) in [5.74, 6) is -0.392. The van der Waals surface area contributed by atoms with Crippen LogP contribution in [0, 0.1) is 0 Å². The second kappa shape index (κ2) is 8.68. The Morgan fingerprint density at radius 3 is 2.31 bits per heavy atom. The number of rotatable bonds is 5. The summed E-state index contributed by atoms with van der Waals surface area (Å²) in [5.41, 5.74) is 1.16. The first-order valence-corrected chi connectivity index (χ1v) is 10.1. The highest BCUT2D eigenvalue weighted by Gasteiger charge is 2.35. The number of hydrogen-bond acceptors (Lipinski definition) is 5. The number of carbonyl (C=O) groups is 3. The van der Waals surface area contributed by atoms with E-state index in [4.69, 9.17) is 4.74 Å². The first-order chi connectivity index (χ1) is 12.6. The van der Waals surface area contributed by atoms with E-state index in [0.717, 1.165) is 12.0 Å². The van der Waals surface area contributed by atoms with Gasteiger partial charge < -0.3 is 9.64 Å². The molecule has 2 fully saturated rings. The van der Waals surface area contributed by atoms with Crippen molar-refractivity contribution in [3.05, 3.63) is 29.8 Å². The third-order valence-electron chi connectivity index (χ3n) is 4.96. The number of carbonyl (C=O) groups excluding carboxylic acids is 3. The number of aryl methyl sites for hydroxylation is 1. The number of benzene rings is 1. The summed E-state index contributed by atoms with van der Waals surface area (Å²) in [6.07, 6.45) is 4.55. The lowest BCUT2D eigenvalue weighted by Gasteiger charge is -2.38. The fourth-order valence-electron chi connectivity index (χ4n) is 3.49. The smallest absolute Gasteiger partial charge is 0.255 e. The summed E-state index contributed by atoms with van der Waals surface area (Å²) in [7, 11) is 0. The maximum absolute atomic E-state index is 12.5. The van der Waals surface area contributed by atoms with Gasteiger partial charge in [0.1, 0.15) is 13.2 Å². The predicted octanol–water partition coefficient (Wildman–Crippen LogP) is 1.72. The van der Waals surface area contributed by atoms with Gasteiger partial charge in [0.05, 0.1) is 0 Å². The van der Waals surface area contributed by atoms with E-state index in [1.807, 2.05) is 11.2 Å². The van der Waals surface area contributed by atoms with Gasteiger partial charge >= 0.3 is 0 Å². The highest BCUT2D eigenvalue weighted by molar-refractivity contribution is 7.98. The zero-order chi connectivity index (χ0) is 18.5. The molecule has 7 heteroatoms. The zero-order valence-electron chi connectivity index (χ0n) is 15.0. The van der Waals surface area contributed by atoms with Crippen LogP contribution in [0.3, 0.4) is 0 Å².